The number of fused-ring (bicyclic) bond motifs is 2. The summed E-state index contributed by atoms with van der Waals surface area (Å²) in [6, 6.07) is 28.4. The Morgan fingerprint density at radius 1 is 0.842 bits per heavy atom. The van der Waals surface area contributed by atoms with Crippen LogP contribution in [-0.4, -0.2) is 42.2 Å². The number of aromatic nitrogens is 1. The number of anilines is 2. The zero-order chi connectivity index (χ0) is 25.9. The van der Waals surface area contributed by atoms with Crippen LogP contribution in [0.5, 0.6) is 0 Å². The van der Waals surface area contributed by atoms with Crippen LogP contribution in [0, 0.1) is 6.92 Å². The highest BCUT2D eigenvalue weighted by atomic mass is 16.5. The smallest absolute Gasteiger partial charge is 0.323 e. The number of hydrogen-bond acceptors (Lipinski definition) is 4. The second kappa shape index (κ2) is 10.6. The maximum absolute atomic E-state index is 13.0. The number of carbonyl (C=O) groups excluding carboxylic acids is 1. The van der Waals surface area contributed by atoms with Gasteiger partial charge in [-0.05, 0) is 58.5 Å². The third-order valence-corrected chi connectivity index (χ3v) is 7.14. The van der Waals surface area contributed by atoms with E-state index in [1.165, 1.54) is 0 Å². The molecule has 6 heteroatoms. The summed E-state index contributed by atoms with van der Waals surface area (Å²) in [6.45, 7) is 6.29. The monoisotopic (exact) mass is 502 g/mol. The number of carbonyl (C=O) groups is 1. The van der Waals surface area contributed by atoms with E-state index in [4.69, 9.17) is 9.72 Å². The number of hydrogen-bond donors (Lipinski definition) is 2. The SMILES string of the molecule is Cc1cc2ccccc2cc1NC(=O)Nc1ccc(-c2ccc(CN3CCOCC3)nc2)c2ccccc12. The molecule has 0 atom stereocenters. The van der Waals surface area contributed by atoms with E-state index >= 15 is 0 Å². The quantitative estimate of drug-likeness (QED) is 0.276. The fourth-order valence-electron chi connectivity index (χ4n) is 5.09. The largest absolute Gasteiger partial charge is 0.379 e. The number of benzene rings is 4. The van der Waals surface area contributed by atoms with Gasteiger partial charge in [-0.2, -0.15) is 0 Å². The van der Waals surface area contributed by atoms with Gasteiger partial charge in [0.05, 0.1) is 24.6 Å². The van der Waals surface area contributed by atoms with Crippen molar-refractivity contribution < 1.29 is 9.53 Å². The predicted octanol–water partition coefficient (Wildman–Crippen LogP) is 6.84. The topological polar surface area (TPSA) is 66.5 Å². The predicted molar refractivity (Wildman–Crippen MR) is 155 cm³/mol. The Bertz CT molecular complexity index is 1610. The average molecular weight is 503 g/mol. The summed E-state index contributed by atoms with van der Waals surface area (Å²) < 4.78 is 5.45. The molecule has 0 bridgehead atoms. The molecule has 2 heterocycles. The molecule has 5 aromatic rings. The molecular formula is C32H30N4O2. The van der Waals surface area contributed by atoms with Crippen molar-refractivity contribution in [3.8, 4) is 11.1 Å². The van der Waals surface area contributed by atoms with Gasteiger partial charge in [-0.1, -0.05) is 60.7 Å². The van der Waals surface area contributed by atoms with E-state index in [-0.39, 0.29) is 6.03 Å². The summed E-state index contributed by atoms with van der Waals surface area (Å²) in [5.41, 5.74) is 5.77. The second-order valence-electron chi connectivity index (χ2n) is 9.73. The first kappa shape index (κ1) is 24.1. The summed E-state index contributed by atoms with van der Waals surface area (Å²) >= 11 is 0. The van der Waals surface area contributed by atoms with E-state index in [9.17, 15) is 4.79 Å². The number of amides is 2. The summed E-state index contributed by atoms with van der Waals surface area (Å²) in [7, 11) is 0. The molecule has 1 aliphatic rings. The van der Waals surface area contributed by atoms with Crippen LogP contribution in [0.2, 0.25) is 0 Å². The Labute approximate surface area is 222 Å². The standard InChI is InChI=1S/C32H30N4O2/c1-22-18-23-6-2-3-7-24(23)19-31(22)35-32(37)34-30-13-12-27(28-8-4-5-9-29(28)30)25-10-11-26(33-20-25)21-36-14-16-38-17-15-36/h2-13,18-20H,14-17,21H2,1H3,(H2,34,35,37). The molecule has 0 saturated carbocycles. The number of urea groups is 1. The van der Waals surface area contributed by atoms with Gasteiger partial charge in [0.1, 0.15) is 0 Å². The Balaban J connectivity index is 1.22. The third-order valence-electron chi connectivity index (χ3n) is 7.14. The minimum Gasteiger partial charge on any atom is -0.379 e. The van der Waals surface area contributed by atoms with Gasteiger partial charge in [-0.3, -0.25) is 9.88 Å². The van der Waals surface area contributed by atoms with Gasteiger partial charge in [0.2, 0.25) is 0 Å². The fraction of sp³-hybridized carbons (Fsp3) is 0.188. The molecule has 0 unspecified atom stereocenters. The van der Waals surface area contributed by atoms with Crippen LogP contribution in [0.15, 0.2) is 91.1 Å². The lowest BCUT2D eigenvalue weighted by atomic mass is 9.98. The van der Waals surface area contributed by atoms with Crippen LogP contribution >= 0.6 is 0 Å². The van der Waals surface area contributed by atoms with E-state index < -0.39 is 0 Å². The molecule has 4 aromatic carbocycles. The van der Waals surface area contributed by atoms with E-state index in [0.29, 0.717) is 0 Å². The molecule has 1 fully saturated rings. The van der Waals surface area contributed by atoms with Gasteiger partial charge in [0, 0.05) is 42.5 Å². The third kappa shape index (κ3) is 5.09. The van der Waals surface area contributed by atoms with Crippen molar-refractivity contribution in [1.82, 2.24) is 9.88 Å². The molecule has 0 radical (unpaired) electrons. The zero-order valence-electron chi connectivity index (χ0n) is 21.4. The van der Waals surface area contributed by atoms with Crippen LogP contribution in [0.1, 0.15) is 11.3 Å². The Morgan fingerprint density at radius 2 is 1.55 bits per heavy atom. The molecule has 2 N–H and O–H groups in total. The number of pyridine rings is 1. The van der Waals surface area contributed by atoms with Gasteiger partial charge >= 0.3 is 6.03 Å². The molecule has 2 amide bonds. The van der Waals surface area contributed by atoms with Gasteiger partial charge in [0.25, 0.3) is 0 Å². The van der Waals surface area contributed by atoms with Crippen LogP contribution in [0.25, 0.3) is 32.7 Å². The Kier molecular flexibility index (Phi) is 6.73. The van der Waals surface area contributed by atoms with Crippen molar-refractivity contribution in [3.05, 3.63) is 102 Å². The van der Waals surface area contributed by atoms with Crippen molar-refractivity contribution >= 4 is 39.0 Å². The molecule has 6 rings (SSSR count). The van der Waals surface area contributed by atoms with Gasteiger partial charge in [-0.15, -0.1) is 0 Å². The average Bonchev–Trinajstić information content (AvgIpc) is 2.95. The van der Waals surface area contributed by atoms with Crippen LogP contribution in [-0.2, 0) is 11.3 Å². The molecule has 1 aromatic heterocycles. The maximum atomic E-state index is 13.0. The van der Waals surface area contributed by atoms with Gasteiger partial charge < -0.3 is 15.4 Å². The first-order valence-corrected chi connectivity index (χ1v) is 13.0. The first-order valence-electron chi connectivity index (χ1n) is 13.0. The lowest BCUT2D eigenvalue weighted by Crippen LogP contribution is -2.35. The molecular weight excluding hydrogens is 472 g/mol. The number of ether oxygens (including phenoxy) is 1. The molecule has 0 spiro atoms. The first-order chi connectivity index (χ1) is 18.6. The molecule has 1 saturated heterocycles. The second-order valence-corrected chi connectivity index (χ2v) is 9.73. The molecule has 38 heavy (non-hydrogen) atoms. The number of aryl methyl sites for hydroxylation is 1. The molecule has 6 nitrogen and oxygen atoms in total. The molecule has 0 aliphatic carbocycles. The van der Waals surface area contributed by atoms with Crippen molar-refractivity contribution in [2.75, 3.05) is 36.9 Å². The number of morpholine rings is 1. The lowest BCUT2D eigenvalue weighted by molar-refractivity contribution is 0.0336. The zero-order valence-corrected chi connectivity index (χ0v) is 21.4. The molecule has 190 valence electrons. The molecule has 1 aliphatic heterocycles. The number of nitrogens with zero attached hydrogens (tertiary/aromatic N) is 2. The highest BCUT2D eigenvalue weighted by molar-refractivity contribution is 6.10. The highest BCUT2D eigenvalue weighted by Crippen LogP contribution is 2.33. The van der Waals surface area contributed by atoms with Crippen molar-refractivity contribution in [1.29, 1.82) is 0 Å². The van der Waals surface area contributed by atoms with E-state index in [2.05, 4.69) is 51.9 Å². The highest BCUT2D eigenvalue weighted by Gasteiger charge is 2.14. The van der Waals surface area contributed by atoms with E-state index in [1.807, 2.05) is 61.7 Å². The fourth-order valence-corrected chi connectivity index (χ4v) is 5.09. The van der Waals surface area contributed by atoms with Crippen LogP contribution in [0.4, 0.5) is 16.2 Å². The summed E-state index contributed by atoms with van der Waals surface area (Å²) in [6.07, 6.45) is 1.94. The maximum Gasteiger partial charge on any atom is 0.323 e. The minimum atomic E-state index is -0.268. The Hall–Kier alpha value is -4.26. The van der Waals surface area contributed by atoms with Crippen LogP contribution < -0.4 is 10.6 Å². The van der Waals surface area contributed by atoms with Crippen molar-refractivity contribution in [2.45, 2.75) is 13.5 Å². The van der Waals surface area contributed by atoms with Crippen molar-refractivity contribution in [3.63, 3.8) is 0 Å². The van der Waals surface area contributed by atoms with Crippen LogP contribution in [0.3, 0.4) is 0 Å². The van der Waals surface area contributed by atoms with Gasteiger partial charge in [-0.25, -0.2) is 4.79 Å². The summed E-state index contributed by atoms with van der Waals surface area (Å²) in [5, 5.41) is 10.4. The summed E-state index contributed by atoms with van der Waals surface area (Å²) in [5.74, 6) is 0. The lowest BCUT2D eigenvalue weighted by Gasteiger charge is -2.26. The number of nitrogens with one attached hydrogen (secondary N) is 2. The Morgan fingerprint density at radius 3 is 2.32 bits per heavy atom. The van der Waals surface area contributed by atoms with E-state index in [1.54, 1.807) is 0 Å². The normalized spacial score (nSPS) is 14.0. The summed E-state index contributed by atoms with van der Waals surface area (Å²) in [4.78, 5) is 20.1. The van der Waals surface area contributed by atoms with E-state index in [0.717, 1.165) is 88.2 Å². The van der Waals surface area contributed by atoms with Crippen molar-refractivity contribution in [2.24, 2.45) is 0 Å². The number of rotatable bonds is 5. The van der Waals surface area contributed by atoms with Gasteiger partial charge in [0.15, 0.2) is 0 Å². The minimum absolute atomic E-state index is 0.268.